The number of amides is 1. The van der Waals surface area contributed by atoms with Crippen LogP contribution in [-0.4, -0.2) is 44.6 Å². The van der Waals surface area contributed by atoms with Crippen LogP contribution in [0.5, 0.6) is 5.75 Å². The van der Waals surface area contributed by atoms with E-state index in [1.165, 1.54) is 0 Å². The molecule has 0 aliphatic heterocycles. The molecule has 106 valence electrons. The Balaban J connectivity index is 0.00000324. The summed E-state index contributed by atoms with van der Waals surface area (Å²) >= 11 is 0. The van der Waals surface area contributed by atoms with Gasteiger partial charge in [-0.05, 0) is 19.2 Å². The highest BCUT2D eigenvalue weighted by Gasteiger charge is 2.15. The van der Waals surface area contributed by atoms with Crippen molar-refractivity contribution in [3.8, 4) is 5.75 Å². The Morgan fingerprint density at radius 1 is 1.47 bits per heavy atom. The maximum atomic E-state index is 12.2. The van der Waals surface area contributed by atoms with E-state index in [1.54, 1.807) is 30.2 Å². The van der Waals surface area contributed by atoms with Gasteiger partial charge in [-0.3, -0.25) is 4.79 Å². The van der Waals surface area contributed by atoms with Crippen LogP contribution in [0.25, 0.3) is 0 Å². The van der Waals surface area contributed by atoms with Crippen molar-refractivity contribution in [1.82, 2.24) is 10.2 Å². The lowest BCUT2D eigenvalue weighted by Crippen LogP contribution is -2.33. The SMILES string of the molecule is C=CCOc1ccccc1C(=O)N(C)CCNC.Cl. The molecule has 0 aliphatic carbocycles. The van der Waals surface area contributed by atoms with Crippen LogP contribution in [0.1, 0.15) is 10.4 Å². The minimum Gasteiger partial charge on any atom is -0.489 e. The number of likely N-dealkylation sites (N-methyl/N-ethyl adjacent to an activating group) is 2. The summed E-state index contributed by atoms with van der Waals surface area (Å²) < 4.78 is 5.48. The number of carbonyl (C=O) groups is 1. The number of halogens is 1. The molecule has 0 saturated carbocycles. The van der Waals surface area contributed by atoms with Crippen molar-refractivity contribution in [2.24, 2.45) is 0 Å². The lowest BCUT2D eigenvalue weighted by molar-refractivity contribution is 0.0793. The lowest BCUT2D eigenvalue weighted by Gasteiger charge is -2.18. The predicted octanol–water partition coefficient (Wildman–Crippen LogP) is 1.96. The molecule has 0 fully saturated rings. The molecule has 1 aromatic carbocycles. The summed E-state index contributed by atoms with van der Waals surface area (Å²) in [6, 6.07) is 7.25. The van der Waals surface area contributed by atoms with Gasteiger partial charge in [0, 0.05) is 20.1 Å². The van der Waals surface area contributed by atoms with E-state index < -0.39 is 0 Å². The zero-order valence-corrected chi connectivity index (χ0v) is 12.2. The van der Waals surface area contributed by atoms with Crippen LogP contribution in [0.3, 0.4) is 0 Å². The lowest BCUT2D eigenvalue weighted by atomic mass is 10.2. The summed E-state index contributed by atoms with van der Waals surface area (Å²) in [6.45, 7) is 5.41. The number of hydrogen-bond donors (Lipinski definition) is 1. The maximum Gasteiger partial charge on any atom is 0.257 e. The van der Waals surface area contributed by atoms with E-state index in [9.17, 15) is 4.79 Å². The van der Waals surface area contributed by atoms with E-state index in [4.69, 9.17) is 4.74 Å². The molecule has 0 radical (unpaired) electrons. The van der Waals surface area contributed by atoms with Gasteiger partial charge in [-0.25, -0.2) is 0 Å². The predicted molar refractivity (Wildman–Crippen MR) is 80.3 cm³/mol. The van der Waals surface area contributed by atoms with Crippen LogP contribution in [0.15, 0.2) is 36.9 Å². The van der Waals surface area contributed by atoms with Crippen molar-refractivity contribution in [3.63, 3.8) is 0 Å². The van der Waals surface area contributed by atoms with E-state index in [-0.39, 0.29) is 18.3 Å². The summed E-state index contributed by atoms with van der Waals surface area (Å²) in [4.78, 5) is 13.9. The molecule has 19 heavy (non-hydrogen) atoms. The molecule has 0 saturated heterocycles. The van der Waals surface area contributed by atoms with Crippen LogP contribution in [0.4, 0.5) is 0 Å². The monoisotopic (exact) mass is 284 g/mol. The van der Waals surface area contributed by atoms with E-state index in [1.807, 2.05) is 19.2 Å². The van der Waals surface area contributed by atoms with Crippen molar-refractivity contribution < 1.29 is 9.53 Å². The van der Waals surface area contributed by atoms with Crippen LogP contribution >= 0.6 is 12.4 Å². The van der Waals surface area contributed by atoms with Crippen molar-refractivity contribution in [2.75, 3.05) is 33.8 Å². The third-order valence-electron chi connectivity index (χ3n) is 2.52. The van der Waals surface area contributed by atoms with E-state index in [0.717, 1.165) is 6.54 Å². The summed E-state index contributed by atoms with van der Waals surface area (Å²) in [6.07, 6.45) is 1.66. The fraction of sp³-hybridized carbons (Fsp3) is 0.357. The van der Waals surface area contributed by atoms with Gasteiger partial charge in [-0.1, -0.05) is 24.8 Å². The summed E-state index contributed by atoms with van der Waals surface area (Å²) in [5.74, 6) is 0.559. The average Bonchev–Trinajstić information content (AvgIpc) is 2.42. The van der Waals surface area contributed by atoms with Crippen LogP contribution < -0.4 is 10.1 Å². The van der Waals surface area contributed by atoms with Crippen LogP contribution in [0.2, 0.25) is 0 Å². The Kier molecular flexibility index (Phi) is 8.66. The number of hydrogen-bond acceptors (Lipinski definition) is 3. The molecule has 0 atom stereocenters. The third kappa shape index (κ3) is 5.32. The molecule has 0 spiro atoms. The van der Waals surface area contributed by atoms with E-state index in [2.05, 4.69) is 11.9 Å². The zero-order chi connectivity index (χ0) is 13.4. The number of nitrogens with one attached hydrogen (secondary N) is 1. The number of ether oxygens (including phenoxy) is 1. The Labute approximate surface area is 120 Å². The zero-order valence-electron chi connectivity index (χ0n) is 11.4. The van der Waals surface area contributed by atoms with Gasteiger partial charge in [0.2, 0.25) is 0 Å². The van der Waals surface area contributed by atoms with Gasteiger partial charge >= 0.3 is 0 Å². The Morgan fingerprint density at radius 2 is 2.16 bits per heavy atom. The molecular formula is C14H21ClN2O2. The molecule has 4 nitrogen and oxygen atoms in total. The third-order valence-corrected chi connectivity index (χ3v) is 2.52. The number of benzene rings is 1. The molecule has 5 heteroatoms. The minimum atomic E-state index is -0.0371. The van der Waals surface area contributed by atoms with Crippen molar-refractivity contribution in [3.05, 3.63) is 42.5 Å². The standard InChI is InChI=1S/C14H20N2O2.ClH/c1-4-11-18-13-8-6-5-7-12(13)14(17)16(3)10-9-15-2;/h4-8,15H,1,9-11H2,2-3H3;1H. The molecule has 1 N–H and O–H groups in total. The largest absolute Gasteiger partial charge is 0.489 e. The second-order valence-electron chi connectivity index (χ2n) is 3.93. The highest BCUT2D eigenvalue weighted by Crippen LogP contribution is 2.19. The fourth-order valence-corrected chi connectivity index (χ4v) is 1.50. The first-order valence-electron chi connectivity index (χ1n) is 5.93. The first kappa shape index (κ1) is 17.5. The number of nitrogens with zero attached hydrogens (tertiary/aromatic N) is 1. The molecule has 0 bridgehead atoms. The molecule has 0 aliphatic rings. The van der Waals surface area contributed by atoms with Crippen LogP contribution in [-0.2, 0) is 0 Å². The Hall–Kier alpha value is -1.52. The minimum absolute atomic E-state index is 0. The number of para-hydroxylation sites is 1. The molecule has 1 rings (SSSR count). The van der Waals surface area contributed by atoms with Gasteiger partial charge in [0.1, 0.15) is 12.4 Å². The first-order valence-corrected chi connectivity index (χ1v) is 5.93. The van der Waals surface area contributed by atoms with E-state index >= 15 is 0 Å². The average molecular weight is 285 g/mol. The quantitative estimate of drug-likeness (QED) is 0.779. The molecule has 1 amide bonds. The summed E-state index contributed by atoms with van der Waals surface area (Å²) in [5.41, 5.74) is 0.581. The van der Waals surface area contributed by atoms with Gasteiger partial charge < -0.3 is 15.0 Å². The van der Waals surface area contributed by atoms with Gasteiger partial charge in [-0.2, -0.15) is 0 Å². The number of rotatable bonds is 7. The molecule has 0 unspecified atom stereocenters. The Morgan fingerprint density at radius 3 is 2.79 bits per heavy atom. The van der Waals surface area contributed by atoms with Crippen molar-refractivity contribution >= 4 is 18.3 Å². The highest BCUT2D eigenvalue weighted by atomic mass is 35.5. The van der Waals surface area contributed by atoms with Crippen LogP contribution in [0, 0.1) is 0 Å². The normalized spacial score (nSPS) is 9.37. The second-order valence-corrected chi connectivity index (χ2v) is 3.93. The second kappa shape index (κ2) is 9.42. The topological polar surface area (TPSA) is 41.6 Å². The van der Waals surface area contributed by atoms with Gasteiger partial charge in [0.25, 0.3) is 5.91 Å². The highest BCUT2D eigenvalue weighted by molar-refractivity contribution is 5.96. The van der Waals surface area contributed by atoms with Gasteiger partial charge in [0.15, 0.2) is 0 Å². The van der Waals surface area contributed by atoms with E-state index in [0.29, 0.717) is 24.5 Å². The first-order chi connectivity index (χ1) is 8.70. The smallest absolute Gasteiger partial charge is 0.257 e. The molecule has 0 heterocycles. The van der Waals surface area contributed by atoms with Crippen molar-refractivity contribution in [1.29, 1.82) is 0 Å². The Bertz CT molecular complexity index is 410. The molecule has 0 aromatic heterocycles. The maximum absolute atomic E-state index is 12.2. The van der Waals surface area contributed by atoms with Gasteiger partial charge in [-0.15, -0.1) is 12.4 Å². The molecule has 1 aromatic rings. The molecular weight excluding hydrogens is 264 g/mol. The summed E-state index contributed by atoms with van der Waals surface area (Å²) in [5, 5.41) is 3.02. The van der Waals surface area contributed by atoms with Crippen molar-refractivity contribution in [2.45, 2.75) is 0 Å². The fourth-order valence-electron chi connectivity index (χ4n) is 1.50. The number of carbonyl (C=O) groups excluding carboxylic acids is 1. The summed E-state index contributed by atoms with van der Waals surface area (Å²) in [7, 11) is 3.64. The van der Waals surface area contributed by atoms with Gasteiger partial charge in [0.05, 0.1) is 5.56 Å².